The van der Waals surface area contributed by atoms with E-state index in [2.05, 4.69) is 13.8 Å². The Morgan fingerprint density at radius 3 is 2.40 bits per heavy atom. The molecule has 2 atom stereocenters. The van der Waals surface area contributed by atoms with Gasteiger partial charge in [0, 0.05) is 13.2 Å². The number of methoxy groups -OCH3 is 1. The summed E-state index contributed by atoms with van der Waals surface area (Å²) in [5, 5.41) is 0. The quantitative estimate of drug-likeness (QED) is 0.736. The van der Waals surface area contributed by atoms with Crippen molar-refractivity contribution in [3.63, 3.8) is 0 Å². The van der Waals surface area contributed by atoms with E-state index in [1.165, 1.54) is 25.7 Å². The molecular formula is C13H27NO. The van der Waals surface area contributed by atoms with Gasteiger partial charge in [0.25, 0.3) is 0 Å². The van der Waals surface area contributed by atoms with Gasteiger partial charge in [-0.1, -0.05) is 39.5 Å². The van der Waals surface area contributed by atoms with E-state index in [-0.39, 0.29) is 11.6 Å². The molecule has 2 unspecified atom stereocenters. The molecule has 0 spiro atoms. The van der Waals surface area contributed by atoms with E-state index in [4.69, 9.17) is 10.5 Å². The Bertz CT molecular complexity index is 175. The summed E-state index contributed by atoms with van der Waals surface area (Å²) in [5.41, 5.74) is 6.33. The summed E-state index contributed by atoms with van der Waals surface area (Å²) in [6, 6.07) is 0.228. The van der Waals surface area contributed by atoms with Crippen LogP contribution in [-0.2, 0) is 4.74 Å². The zero-order chi connectivity index (χ0) is 11.3. The predicted octanol–water partition coefficient (Wildman–Crippen LogP) is 3.10. The molecule has 0 aromatic heterocycles. The Balaban J connectivity index is 2.46. The van der Waals surface area contributed by atoms with E-state index in [9.17, 15) is 0 Å². The molecule has 0 aromatic carbocycles. The third-order valence-electron chi connectivity index (χ3n) is 3.97. The van der Waals surface area contributed by atoms with Gasteiger partial charge in [-0.2, -0.15) is 0 Å². The van der Waals surface area contributed by atoms with Crippen LogP contribution in [0.15, 0.2) is 0 Å². The molecule has 0 heterocycles. The molecular weight excluding hydrogens is 186 g/mol. The van der Waals surface area contributed by atoms with Gasteiger partial charge >= 0.3 is 0 Å². The second-order valence-electron chi connectivity index (χ2n) is 5.21. The van der Waals surface area contributed by atoms with Crippen LogP contribution >= 0.6 is 0 Å². The molecule has 90 valence electrons. The summed E-state index contributed by atoms with van der Waals surface area (Å²) in [6.07, 6.45) is 8.53. The van der Waals surface area contributed by atoms with Crippen LogP contribution in [0.2, 0.25) is 0 Å². The lowest BCUT2D eigenvalue weighted by Gasteiger charge is -2.35. The molecule has 0 aromatic rings. The van der Waals surface area contributed by atoms with E-state index in [0.29, 0.717) is 0 Å². The van der Waals surface area contributed by atoms with Gasteiger partial charge in [-0.05, 0) is 25.2 Å². The fraction of sp³-hybridized carbons (Fsp3) is 1.00. The van der Waals surface area contributed by atoms with E-state index < -0.39 is 0 Å². The minimum atomic E-state index is 0.00199. The van der Waals surface area contributed by atoms with Gasteiger partial charge in [0.05, 0.1) is 5.60 Å². The van der Waals surface area contributed by atoms with Crippen molar-refractivity contribution in [1.82, 2.24) is 0 Å². The first kappa shape index (κ1) is 13.0. The molecule has 2 nitrogen and oxygen atoms in total. The van der Waals surface area contributed by atoms with Gasteiger partial charge in [0.1, 0.15) is 0 Å². The number of hydrogen-bond acceptors (Lipinski definition) is 2. The summed E-state index contributed by atoms with van der Waals surface area (Å²) in [4.78, 5) is 0. The van der Waals surface area contributed by atoms with Gasteiger partial charge in [-0.3, -0.25) is 0 Å². The van der Waals surface area contributed by atoms with Crippen molar-refractivity contribution in [2.45, 2.75) is 70.4 Å². The topological polar surface area (TPSA) is 35.2 Å². The lowest BCUT2D eigenvalue weighted by molar-refractivity contribution is -0.0308. The highest BCUT2D eigenvalue weighted by atomic mass is 16.5. The fourth-order valence-electron chi connectivity index (χ4n) is 2.96. The molecule has 0 saturated heterocycles. The summed E-state index contributed by atoms with van der Waals surface area (Å²) >= 11 is 0. The standard InChI is InChI=1S/C13H27NO/c1-4-7-11(2)10-12(14)13(15-3)8-5-6-9-13/h11-12H,4-10,14H2,1-3H3. The second-order valence-corrected chi connectivity index (χ2v) is 5.21. The van der Waals surface area contributed by atoms with Gasteiger partial charge in [0.15, 0.2) is 0 Å². The van der Waals surface area contributed by atoms with Crippen molar-refractivity contribution >= 4 is 0 Å². The SMILES string of the molecule is CCCC(C)CC(N)C1(OC)CCCC1. The third kappa shape index (κ3) is 3.18. The molecule has 2 heteroatoms. The smallest absolute Gasteiger partial charge is 0.0828 e. The van der Waals surface area contributed by atoms with Crippen molar-refractivity contribution in [3.05, 3.63) is 0 Å². The molecule has 0 bridgehead atoms. The van der Waals surface area contributed by atoms with Gasteiger partial charge < -0.3 is 10.5 Å². The molecule has 0 radical (unpaired) electrons. The number of rotatable bonds is 6. The minimum Gasteiger partial charge on any atom is -0.377 e. The molecule has 1 rings (SSSR count). The molecule has 0 amide bonds. The van der Waals surface area contributed by atoms with Crippen LogP contribution in [-0.4, -0.2) is 18.8 Å². The van der Waals surface area contributed by atoms with Crippen LogP contribution in [0.3, 0.4) is 0 Å². The van der Waals surface area contributed by atoms with Crippen LogP contribution in [0.4, 0.5) is 0 Å². The maximum absolute atomic E-state index is 6.33. The lowest BCUT2D eigenvalue weighted by atomic mass is 9.85. The molecule has 1 saturated carbocycles. The molecule has 1 fully saturated rings. The zero-order valence-corrected chi connectivity index (χ0v) is 10.6. The van der Waals surface area contributed by atoms with Crippen molar-refractivity contribution in [1.29, 1.82) is 0 Å². The third-order valence-corrected chi connectivity index (χ3v) is 3.97. The van der Waals surface area contributed by atoms with Crippen LogP contribution in [0.25, 0.3) is 0 Å². The van der Waals surface area contributed by atoms with Crippen LogP contribution in [0.1, 0.15) is 58.8 Å². The van der Waals surface area contributed by atoms with E-state index in [0.717, 1.165) is 25.2 Å². The summed E-state index contributed by atoms with van der Waals surface area (Å²) in [7, 11) is 1.83. The van der Waals surface area contributed by atoms with Crippen LogP contribution in [0, 0.1) is 5.92 Å². The summed E-state index contributed by atoms with van der Waals surface area (Å²) in [6.45, 7) is 4.55. The molecule has 15 heavy (non-hydrogen) atoms. The maximum Gasteiger partial charge on any atom is 0.0828 e. The van der Waals surface area contributed by atoms with Crippen molar-refractivity contribution < 1.29 is 4.74 Å². The Morgan fingerprint density at radius 1 is 1.33 bits per heavy atom. The number of ether oxygens (including phenoxy) is 1. The zero-order valence-electron chi connectivity index (χ0n) is 10.6. The van der Waals surface area contributed by atoms with Crippen LogP contribution < -0.4 is 5.73 Å². The Hall–Kier alpha value is -0.0800. The largest absolute Gasteiger partial charge is 0.377 e. The molecule has 1 aliphatic carbocycles. The number of nitrogens with two attached hydrogens (primary N) is 1. The second kappa shape index (κ2) is 5.86. The van der Waals surface area contributed by atoms with Crippen molar-refractivity contribution in [2.75, 3.05) is 7.11 Å². The predicted molar refractivity (Wildman–Crippen MR) is 64.9 cm³/mol. The summed E-state index contributed by atoms with van der Waals surface area (Å²) in [5.74, 6) is 0.734. The Labute approximate surface area is 94.6 Å². The fourth-order valence-corrected chi connectivity index (χ4v) is 2.96. The highest BCUT2D eigenvalue weighted by Crippen LogP contribution is 2.37. The van der Waals surface area contributed by atoms with Gasteiger partial charge in [0.2, 0.25) is 0 Å². The van der Waals surface area contributed by atoms with E-state index >= 15 is 0 Å². The van der Waals surface area contributed by atoms with E-state index in [1.54, 1.807) is 0 Å². The first-order valence-electron chi connectivity index (χ1n) is 6.45. The first-order valence-corrected chi connectivity index (χ1v) is 6.45. The minimum absolute atomic E-state index is 0.00199. The van der Waals surface area contributed by atoms with E-state index in [1.807, 2.05) is 7.11 Å². The summed E-state index contributed by atoms with van der Waals surface area (Å²) < 4.78 is 5.71. The first-order chi connectivity index (χ1) is 7.14. The Kier molecular flexibility index (Phi) is 5.07. The maximum atomic E-state index is 6.33. The van der Waals surface area contributed by atoms with Gasteiger partial charge in [-0.15, -0.1) is 0 Å². The molecule has 0 aliphatic heterocycles. The van der Waals surface area contributed by atoms with Crippen LogP contribution in [0.5, 0.6) is 0 Å². The Morgan fingerprint density at radius 2 is 1.93 bits per heavy atom. The van der Waals surface area contributed by atoms with Crippen molar-refractivity contribution in [2.24, 2.45) is 11.7 Å². The average Bonchev–Trinajstić information content (AvgIpc) is 2.67. The highest BCUT2D eigenvalue weighted by molar-refractivity contribution is 4.95. The number of hydrogen-bond donors (Lipinski definition) is 1. The van der Waals surface area contributed by atoms with Gasteiger partial charge in [-0.25, -0.2) is 0 Å². The lowest BCUT2D eigenvalue weighted by Crippen LogP contribution is -2.48. The monoisotopic (exact) mass is 213 g/mol. The molecule has 1 aliphatic rings. The highest BCUT2D eigenvalue weighted by Gasteiger charge is 2.39. The average molecular weight is 213 g/mol. The molecule has 2 N–H and O–H groups in total. The van der Waals surface area contributed by atoms with Crippen molar-refractivity contribution in [3.8, 4) is 0 Å². The normalized spacial score (nSPS) is 24.0.